The van der Waals surface area contributed by atoms with E-state index in [9.17, 15) is 5.11 Å². The van der Waals surface area contributed by atoms with Gasteiger partial charge < -0.3 is 15.3 Å². The average Bonchev–Trinajstić information content (AvgIpc) is 1.59. The van der Waals surface area contributed by atoms with Gasteiger partial charge in [0.1, 0.15) is 15.7 Å². The minimum Gasteiger partial charge on any atom is -0.394 e. The molecule has 0 saturated heterocycles. The van der Waals surface area contributed by atoms with Crippen molar-refractivity contribution >= 4 is 15.7 Å². The van der Waals surface area contributed by atoms with Crippen LogP contribution in [0.1, 0.15) is 0 Å². The van der Waals surface area contributed by atoms with Crippen LogP contribution in [0.25, 0.3) is 0 Å². The molecule has 0 aromatic carbocycles. The zero-order valence-corrected chi connectivity index (χ0v) is 7.31. The van der Waals surface area contributed by atoms with E-state index >= 15 is 0 Å². The summed E-state index contributed by atoms with van der Waals surface area (Å²) in [6.45, 7) is 1.76. The van der Waals surface area contributed by atoms with Crippen LogP contribution in [-0.2, 0) is 0 Å². The number of hydrogen-bond donors (Lipinski definition) is 2. The topological polar surface area (TPSA) is 35.5 Å². The predicted octanol–water partition coefficient (Wildman–Crippen LogP) is -2.99. The third kappa shape index (κ3) is 8.01. The van der Waals surface area contributed by atoms with Gasteiger partial charge in [0.05, 0.1) is 0 Å². The molecule has 5 heteroatoms. The van der Waals surface area contributed by atoms with Crippen molar-refractivity contribution in [3.63, 3.8) is 0 Å². The molecule has 0 bridgehead atoms. The lowest BCUT2D eigenvalue weighted by Crippen LogP contribution is -2.48. The lowest BCUT2D eigenvalue weighted by molar-refractivity contribution is 0.170. The quantitative estimate of drug-likeness (QED) is 0.324. The van der Waals surface area contributed by atoms with Crippen LogP contribution in [0.5, 0.6) is 0 Å². The Kier molecular flexibility index (Phi) is 4.01. The van der Waals surface area contributed by atoms with Gasteiger partial charge in [-0.2, -0.15) is 0 Å². The van der Waals surface area contributed by atoms with Gasteiger partial charge in [0.25, 0.3) is 0 Å². The number of nitrogens with zero attached hydrogens (tertiary/aromatic N) is 1. The molecule has 0 fully saturated rings. The summed E-state index contributed by atoms with van der Waals surface area (Å²) in [4.78, 5) is 2.07. The molecule has 3 nitrogen and oxygen atoms in total. The van der Waals surface area contributed by atoms with Crippen LogP contribution in [0.3, 0.4) is 0 Å². The molecule has 0 rings (SSSR count). The standard InChI is InChI=1S/C5H16B2N2O/c1-9(2)4-3-8-5(6,7)10/h8,10H,3-4,6-7H2,1-2H3. The SMILES string of the molecule is BC(B)(O)NCCN(C)C. The van der Waals surface area contributed by atoms with E-state index in [1.807, 2.05) is 14.1 Å². The maximum absolute atomic E-state index is 9.20. The van der Waals surface area contributed by atoms with Crippen LogP contribution in [-0.4, -0.2) is 58.4 Å². The molecule has 0 radical (unpaired) electrons. The summed E-state index contributed by atoms with van der Waals surface area (Å²) >= 11 is 0. The molecule has 0 atom stereocenters. The van der Waals surface area contributed by atoms with E-state index in [1.165, 1.54) is 0 Å². The fourth-order valence-corrected chi connectivity index (χ4v) is 0.585. The van der Waals surface area contributed by atoms with E-state index in [0.29, 0.717) is 0 Å². The monoisotopic (exact) mass is 142 g/mol. The van der Waals surface area contributed by atoms with E-state index in [2.05, 4.69) is 10.2 Å². The first-order valence-electron chi connectivity index (χ1n) is 3.54. The van der Waals surface area contributed by atoms with Crippen LogP contribution in [0.4, 0.5) is 0 Å². The first-order chi connectivity index (χ1) is 4.42. The number of aliphatic hydroxyl groups is 1. The van der Waals surface area contributed by atoms with E-state index in [1.54, 1.807) is 15.7 Å². The highest BCUT2D eigenvalue weighted by Gasteiger charge is 2.09. The number of hydrogen-bond acceptors (Lipinski definition) is 3. The fourth-order valence-electron chi connectivity index (χ4n) is 0.585. The molecule has 0 amide bonds. The molecule has 0 spiro atoms. The first-order valence-corrected chi connectivity index (χ1v) is 3.54. The second-order valence-corrected chi connectivity index (χ2v) is 3.29. The minimum atomic E-state index is -0.740. The summed E-state index contributed by atoms with van der Waals surface area (Å²) in [7, 11) is 7.49. The molecule has 0 aromatic rings. The second kappa shape index (κ2) is 4.01. The molecular weight excluding hydrogens is 126 g/mol. The highest BCUT2D eigenvalue weighted by atomic mass is 16.3. The van der Waals surface area contributed by atoms with Crippen molar-refractivity contribution in [2.45, 2.75) is 5.52 Å². The van der Waals surface area contributed by atoms with Gasteiger partial charge >= 0.3 is 0 Å². The Morgan fingerprint density at radius 3 is 2.30 bits per heavy atom. The summed E-state index contributed by atoms with van der Waals surface area (Å²) in [5, 5.41) is 12.2. The smallest absolute Gasteiger partial charge is 0.149 e. The summed E-state index contributed by atoms with van der Waals surface area (Å²) in [6.07, 6.45) is 0. The number of nitrogens with one attached hydrogen (secondary N) is 1. The maximum atomic E-state index is 9.20. The van der Waals surface area contributed by atoms with Gasteiger partial charge in [0.2, 0.25) is 0 Å². The van der Waals surface area contributed by atoms with Gasteiger partial charge in [-0.05, 0) is 14.1 Å². The molecule has 0 aliphatic rings. The van der Waals surface area contributed by atoms with Crippen molar-refractivity contribution < 1.29 is 5.11 Å². The Balaban J connectivity index is 3.21. The highest BCUT2D eigenvalue weighted by molar-refractivity contribution is 6.38. The molecule has 0 aliphatic carbocycles. The molecule has 2 N–H and O–H groups in total. The third-order valence-electron chi connectivity index (χ3n) is 1.12. The molecular formula is C5H16B2N2O. The van der Waals surface area contributed by atoms with Gasteiger partial charge in [0.15, 0.2) is 0 Å². The number of likely N-dealkylation sites (N-methyl/N-ethyl adjacent to an activating group) is 1. The van der Waals surface area contributed by atoms with Crippen LogP contribution < -0.4 is 5.32 Å². The molecule has 0 heterocycles. The van der Waals surface area contributed by atoms with Crippen molar-refractivity contribution in [2.24, 2.45) is 0 Å². The summed E-state index contributed by atoms with van der Waals surface area (Å²) in [5.41, 5.74) is -0.740. The molecule has 0 aromatic heterocycles. The third-order valence-corrected chi connectivity index (χ3v) is 1.12. The Hall–Kier alpha value is 0.00987. The van der Waals surface area contributed by atoms with Gasteiger partial charge in [-0.3, -0.25) is 0 Å². The zero-order chi connectivity index (χ0) is 8.20. The van der Waals surface area contributed by atoms with E-state index in [-0.39, 0.29) is 0 Å². The fraction of sp³-hybridized carbons (Fsp3) is 1.00. The van der Waals surface area contributed by atoms with Crippen LogP contribution >= 0.6 is 0 Å². The van der Waals surface area contributed by atoms with Crippen molar-refractivity contribution in [2.75, 3.05) is 27.2 Å². The van der Waals surface area contributed by atoms with Crippen LogP contribution in [0, 0.1) is 0 Å². The first kappa shape index (κ1) is 10.0. The van der Waals surface area contributed by atoms with E-state index in [4.69, 9.17) is 0 Å². The van der Waals surface area contributed by atoms with Gasteiger partial charge in [0, 0.05) is 18.6 Å². The van der Waals surface area contributed by atoms with Gasteiger partial charge in [-0.1, -0.05) is 0 Å². The Labute approximate surface area is 64.6 Å². The summed E-state index contributed by atoms with van der Waals surface area (Å²) in [6, 6.07) is 0. The van der Waals surface area contributed by atoms with Gasteiger partial charge in [-0.25, -0.2) is 0 Å². The second-order valence-electron chi connectivity index (χ2n) is 3.29. The lowest BCUT2D eigenvalue weighted by atomic mass is 9.73. The predicted molar refractivity (Wildman–Crippen MR) is 48.6 cm³/mol. The van der Waals surface area contributed by atoms with Gasteiger partial charge in [-0.15, -0.1) is 0 Å². The maximum Gasteiger partial charge on any atom is 0.149 e. The van der Waals surface area contributed by atoms with Crippen molar-refractivity contribution in [1.82, 2.24) is 10.2 Å². The largest absolute Gasteiger partial charge is 0.394 e. The van der Waals surface area contributed by atoms with E-state index in [0.717, 1.165) is 13.1 Å². The molecule has 58 valence electrons. The molecule has 0 saturated carbocycles. The Morgan fingerprint density at radius 1 is 1.50 bits per heavy atom. The highest BCUT2D eigenvalue weighted by Crippen LogP contribution is 1.81. The summed E-state index contributed by atoms with van der Waals surface area (Å²) < 4.78 is 0. The molecule has 10 heavy (non-hydrogen) atoms. The minimum absolute atomic E-state index is 0.740. The van der Waals surface area contributed by atoms with Crippen molar-refractivity contribution in [3.8, 4) is 0 Å². The molecule has 0 unspecified atom stereocenters. The summed E-state index contributed by atoms with van der Waals surface area (Å²) in [5.74, 6) is 0. The van der Waals surface area contributed by atoms with Crippen molar-refractivity contribution in [1.29, 1.82) is 0 Å². The normalized spacial score (nSPS) is 12.4. The molecule has 0 aliphatic heterocycles. The van der Waals surface area contributed by atoms with Crippen LogP contribution in [0.2, 0.25) is 0 Å². The Bertz CT molecular complexity index is 92.1. The zero-order valence-electron chi connectivity index (χ0n) is 7.31. The van der Waals surface area contributed by atoms with E-state index < -0.39 is 5.52 Å². The van der Waals surface area contributed by atoms with Crippen LogP contribution in [0.15, 0.2) is 0 Å². The number of rotatable bonds is 4. The average molecular weight is 142 g/mol. The lowest BCUT2D eigenvalue weighted by Gasteiger charge is -2.20. The van der Waals surface area contributed by atoms with Crippen molar-refractivity contribution in [3.05, 3.63) is 0 Å². The Morgan fingerprint density at radius 2 is 2.00 bits per heavy atom.